The molecule has 1 N–H and O–H groups in total. The monoisotopic (exact) mass is 186 g/mol. The fourth-order valence-electron chi connectivity index (χ4n) is 2.26. The van der Waals surface area contributed by atoms with Crippen LogP contribution >= 0.6 is 0 Å². The maximum absolute atomic E-state index is 8.83. The lowest BCUT2D eigenvalue weighted by molar-refractivity contribution is -0.0370. The van der Waals surface area contributed by atoms with Gasteiger partial charge >= 0.3 is 0 Å². The number of rotatable bonds is 2. The van der Waals surface area contributed by atoms with Crippen LogP contribution in [0.3, 0.4) is 0 Å². The van der Waals surface area contributed by atoms with E-state index in [0.29, 0.717) is 12.1 Å². The molecule has 0 radical (unpaired) electrons. The van der Waals surface area contributed by atoms with Crippen molar-refractivity contribution in [1.82, 2.24) is 9.80 Å². The molecule has 2 heterocycles. The number of nitrogens with zero attached hydrogens (tertiary/aromatic N) is 2. The van der Waals surface area contributed by atoms with E-state index in [1.165, 1.54) is 0 Å². The van der Waals surface area contributed by atoms with Gasteiger partial charge in [-0.25, -0.2) is 0 Å². The first-order valence-corrected chi connectivity index (χ1v) is 4.96. The smallest absolute Gasteiger partial charge is 0.0869 e. The van der Waals surface area contributed by atoms with Gasteiger partial charge in [-0.1, -0.05) is 0 Å². The second kappa shape index (κ2) is 3.92. The first-order chi connectivity index (χ1) is 6.31. The van der Waals surface area contributed by atoms with Crippen molar-refractivity contribution in [1.29, 1.82) is 0 Å². The zero-order chi connectivity index (χ0) is 9.26. The Bertz CT molecular complexity index is 177. The number of hydrogen-bond acceptors (Lipinski definition) is 4. The molecule has 0 spiro atoms. The largest absolute Gasteiger partial charge is 0.395 e. The lowest BCUT2D eigenvalue weighted by Crippen LogP contribution is -2.48. The van der Waals surface area contributed by atoms with Crippen LogP contribution in [0, 0.1) is 0 Å². The molecule has 2 rings (SSSR count). The summed E-state index contributed by atoms with van der Waals surface area (Å²) in [4.78, 5) is 4.64. The molecule has 13 heavy (non-hydrogen) atoms. The maximum Gasteiger partial charge on any atom is 0.0869 e. The summed E-state index contributed by atoms with van der Waals surface area (Å²) in [5.41, 5.74) is 0. The number of morpholine rings is 1. The summed E-state index contributed by atoms with van der Waals surface area (Å²) in [5, 5.41) is 8.83. The molecule has 0 aromatic carbocycles. The van der Waals surface area contributed by atoms with E-state index >= 15 is 0 Å². The Hall–Kier alpha value is -0.160. The molecule has 2 fully saturated rings. The van der Waals surface area contributed by atoms with Crippen molar-refractivity contribution in [2.24, 2.45) is 0 Å². The van der Waals surface area contributed by atoms with Gasteiger partial charge in [-0.15, -0.1) is 0 Å². The molecule has 0 aromatic heterocycles. The van der Waals surface area contributed by atoms with Crippen LogP contribution in [0.25, 0.3) is 0 Å². The first-order valence-electron chi connectivity index (χ1n) is 4.96. The van der Waals surface area contributed by atoms with Crippen LogP contribution in [0.5, 0.6) is 0 Å². The highest BCUT2D eigenvalue weighted by atomic mass is 16.5. The van der Waals surface area contributed by atoms with Crippen molar-refractivity contribution in [3.63, 3.8) is 0 Å². The van der Waals surface area contributed by atoms with Gasteiger partial charge < -0.3 is 9.84 Å². The van der Waals surface area contributed by atoms with Gasteiger partial charge in [-0.2, -0.15) is 0 Å². The molecule has 0 bridgehead atoms. The predicted molar refractivity (Wildman–Crippen MR) is 49.7 cm³/mol. The molecular weight excluding hydrogens is 168 g/mol. The third-order valence-electron chi connectivity index (χ3n) is 3.07. The van der Waals surface area contributed by atoms with Gasteiger partial charge in [0.1, 0.15) is 0 Å². The summed E-state index contributed by atoms with van der Waals surface area (Å²) >= 11 is 0. The molecule has 2 saturated heterocycles. The van der Waals surface area contributed by atoms with Gasteiger partial charge in [0.25, 0.3) is 0 Å². The highest BCUT2D eigenvalue weighted by molar-refractivity contribution is 4.92. The minimum Gasteiger partial charge on any atom is -0.395 e. The molecule has 4 nitrogen and oxygen atoms in total. The lowest BCUT2D eigenvalue weighted by Gasteiger charge is -2.33. The number of β-amino-alcohol motifs (C(OH)–C–C–N with tert-alkyl or cyclic N) is 1. The normalized spacial score (nSPS) is 36.5. The molecule has 2 aliphatic heterocycles. The van der Waals surface area contributed by atoms with E-state index < -0.39 is 0 Å². The molecule has 0 aliphatic carbocycles. The Morgan fingerprint density at radius 3 is 3.00 bits per heavy atom. The van der Waals surface area contributed by atoms with Crippen LogP contribution in [0.15, 0.2) is 0 Å². The van der Waals surface area contributed by atoms with Gasteiger partial charge in [-0.3, -0.25) is 9.80 Å². The molecule has 2 aliphatic rings. The fraction of sp³-hybridized carbons (Fsp3) is 1.00. The number of hydrogen-bond donors (Lipinski definition) is 1. The van der Waals surface area contributed by atoms with Crippen molar-refractivity contribution in [2.45, 2.75) is 12.1 Å². The number of fused-ring (bicyclic) bond motifs is 1. The van der Waals surface area contributed by atoms with Crippen molar-refractivity contribution < 1.29 is 9.84 Å². The number of ether oxygens (including phenoxy) is 1. The van der Waals surface area contributed by atoms with E-state index in [0.717, 1.165) is 32.8 Å². The number of aliphatic hydroxyl groups excluding tert-OH is 1. The third kappa shape index (κ3) is 1.86. The number of likely N-dealkylation sites (tertiary alicyclic amines) is 1. The quantitative estimate of drug-likeness (QED) is 0.599. The third-order valence-corrected chi connectivity index (χ3v) is 3.07. The second-order valence-corrected chi connectivity index (χ2v) is 3.94. The zero-order valence-corrected chi connectivity index (χ0v) is 8.15. The van der Waals surface area contributed by atoms with Gasteiger partial charge in [0.05, 0.1) is 19.3 Å². The van der Waals surface area contributed by atoms with Crippen LogP contribution in [0.4, 0.5) is 0 Å². The van der Waals surface area contributed by atoms with Gasteiger partial charge in [0.15, 0.2) is 0 Å². The number of aliphatic hydroxyl groups is 1. The topological polar surface area (TPSA) is 35.9 Å². The van der Waals surface area contributed by atoms with E-state index in [4.69, 9.17) is 9.84 Å². The average Bonchev–Trinajstić information content (AvgIpc) is 2.49. The Morgan fingerprint density at radius 2 is 2.31 bits per heavy atom. The summed E-state index contributed by atoms with van der Waals surface area (Å²) in [6.45, 7) is 4.95. The molecular formula is C9H18N2O2. The van der Waals surface area contributed by atoms with Crippen molar-refractivity contribution in [3.05, 3.63) is 0 Å². The summed E-state index contributed by atoms with van der Waals surface area (Å²) in [6.07, 6.45) is 0.366. The van der Waals surface area contributed by atoms with Crippen molar-refractivity contribution in [3.8, 4) is 0 Å². The molecule has 2 atom stereocenters. The van der Waals surface area contributed by atoms with E-state index in [1.54, 1.807) is 0 Å². The van der Waals surface area contributed by atoms with Gasteiger partial charge in [0, 0.05) is 32.2 Å². The molecule has 76 valence electrons. The summed E-state index contributed by atoms with van der Waals surface area (Å²) in [6, 6.07) is 0.542. The van der Waals surface area contributed by atoms with E-state index in [9.17, 15) is 0 Å². The van der Waals surface area contributed by atoms with Crippen LogP contribution in [0.2, 0.25) is 0 Å². The van der Waals surface area contributed by atoms with Crippen molar-refractivity contribution in [2.75, 3.05) is 46.4 Å². The molecule has 0 amide bonds. The molecule has 4 heteroatoms. The first kappa shape index (κ1) is 9.40. The highest BCUT2D eigenvalue weighted by Crippen LogP contribution is 2.20. The Balaban J connectivity index is 1.92. The van der Waals surface area contributed by atoms with E-state index in [2.05, 4.69) is 16.8 Å². The zero-order valence-electron chi connectivity index (χ0n) is 8.15. The summed E-state index contributed by atoms with van der Waals surface area (Å²) in [5.74, 6) is 0. The predicted octanol–water partition coefficient (Wildman–Crippen LogP) is -1.01. The standard InChI is InChI=1S/C9H18N2O2/c1-10-3-5-13-9-7-11(2-4-12)6-8(9)10/h8-9,12H,2-7H2,1H3/t8-,9-/m1/s1. The maximum atomic E-state index is 8.83. The fourth-order valence-corrected chi connectivity index (χ4v) is 2.26. The van der Waals surface area contributed by atoms with Gasteiger partial charge in [0.2, 0.25) is 0 Å². The van der Waals surface area contributed by atoms with E-state index in [-0.39, 0.29) is 6.61 Å². The Kier molecular flexibility index (Phi) is 2.83. The van der Waals surface area contributed by atoms with Gasteiger partial charge in [-0.05, 0) is 7.05 Å². The Labute approximate surface area is 79.1 Å². The molecule has 0 saturated carbocycles. The highest BCUT2D eigenvalue weighted by Gasteiger charge is 2.37. The summed E-state index contributed by atoms with van der Waals surface area (Å²) < 4.78 is 5.68. The second-order valence-electron chi connectivity index (χ2n) is 3.94. The average molecular weight is 186 g/mol. The minimum atomic E-state index is 0.253. The molecule has 0 aromatic rings. The Morgan fingerprint density at radius 1 is 1.46 bits per heavy atom. The number of likely N-dealkylation sites (N-methyl/N-ethyl adjacent to an activating group) is 1. The van der Waals surface area contributed by atoms with E-state index in [1.807, 2.05) is 0 Å². The SMILES string of the molecule is CN1CCO[C@@H]2CN(CCO)C[C@H]21. The van der Waals surface area contributed by atoms with Crippen molar-refractivity contribution >= 4 is 0 Å². The summed E-state index contributed by atoms with van der Waals surface area (Å²) in [7, 11) is 2.16. The van der Waals surface area contributed by atoms with Crippen LogP contribution in [0.1, 0.15) is 0 Å². The van der Waals surface area contributed by atoms with Crippen LogP contribution in [-0.4, -0.2) is 73.5 Å². The minimum absolute atomic E-state index is 0.253. The van der Waals surface area contributed by atoms with Crippen LogP contribution < -0.4 is 0 Å². The lowest BCUT2D eigenvalue weighted by atomic mass is 10.1. The molecule has 0 unspecified atom stereocenters. The van der Waals surface area contributed by atoms with Crippen LogP contribution in [-0.2, 0) is 4.74 Å².